The number of halogens is 1. The summed E-state index contributed by atoms with van der Waals surface area (Å²) in [6, 6.07) is 12.5. The van der Waals surface area contributed by atoms with E-state index in [4.69, 9.17) is 0 Å². The van der Waals surface area contributed by atoms with Crippen molar-refractivity contribution in [3.05, 3.63) is 82.3 Å². The number of aryl methyl sites for hydroxylation is 3. The highest BCUT2D eigenvalue weighted by molar-refractivity contribution is 5.85. The van der Waals surface area contributed by atoms with E-state index < -0.39 is 0 Å². The summed E-state index contributed by atoms with van der Waals surface area (Å²) in [7, 11) is 0. The van der Waals surface area contributed by atoms with Crippen molar-refractivity contribution in [2.75, 3.05) is 0 Å². The van der Waals surface area contributed by atoms with Crippen LogP contribution in [0.25, 0.3) is 10.9 Å². The fraction of sp³-hybridized carbons (Fsp3) is 0.529. The summed E-state index contributed by atoms with van der Waals surface area (Å²) in [6.45, 7) is 12.8. The van der Waals surface area contributed by atoms with E-state index in [2.05, 4.69) is 69.6 Å². The number of nitrogens with one attached hydrogen (secondary N) is 1. The van der Waals surface area contributed by atoms with E-state index >= 15 is 4.39 Å². The zero-order valence-corrected chi connectivity index (χ0v) is 23.3. The van der Waals surface area contributed by atoms with E-state index in [0.717, 1.165) is 47.9 Å². The SMILES string of the molecule is C=C(CCC)CCCCCCCCCc1cc(C)c(C(C)c2[nH]c3ccccc3c2CCC)c(F)c1. The Labute approximate surface area is 219 Å². The van der Waals surface area contributed by atoms with Crippen LogP contribution in [0.2, 0.25) is 0 Å². The molecule has 1 nitrogen and oxygen atoms in total. The lowest BCUT2D eigenvalue weighted by Crippen LogP contribution is -2.06. The third-order valence-corrected chi connectivity index (χ3v) is 7.71. The number of rotatable bonds is 16. The highest BCUT2D eigenvalue weighted by Gasteiger charge is 2.22. The molecule has 36 heavy (non-hydrogen) atoms. The van der Waals surface area contributed by atoms with E-state index in [-0.39, 0.29) is 11.7 Å². The number of hydrogen-bond donors (Lipinski definition) is 1. The summed E-state index contributed by atoms with van der Waals surface area (Å²) < 4.78 is 15.5. The maximum Gasteiger partial charge on any atom is 0.127 e. The molecular formula is C34H48FN. The molecule has 0 spiro atoms. The van der Waals surface area contributed by atoms with Gasteiger partial charge in [0.1, 0.15) is 5.82 Å². The van der Waals surface area contributed by atoms with Crippen LogP contribution in [0.3, 0.4) is 0 Å². The Bertz CT molecular complexity index is 1080. The molecule has 0 saturated heterocycles. The van der Waals surface area contributed by atoms with Crippen molar-refractivity contribution in [2.24, 2.45) is 0 Å². The van der Waals surface area contributed by atoms with Crippen LogP contribution in [0.5, 0.6) is 0 Å². The summed E-state index contributed by atoms with van der Waals surface area (Å²) in [5.41, 5.74) is 8.13. The van der Waals surface area contributed by atoms with Crippen molar-refractivity contribution in [1.29, 1.82) is 0 Å². The average molecular weight is 490 g/mol. The molecule has 0 fully saturated rings. The lowest BCUT2D eigenvalue weighted by molar-refractivity contribution is 0.572. The largest absolute Gasteiger partial charge is 0.358 e. The minimum Gasteiger partial charge on any atom is -0.358 e. The highest BCUT2D eigenvalue weighted by Crippen LogP contribution is 2.35. The van der Waals surface area contributed by atoms with Gasteiger partial charge in [0.15, 0.2) is 0 Å². The van der Waals surface area contributed by atoms with Gasteiger partial charge in [0.05, 0.1) is 0 Å². The maximum absolute atomic E-state index is 15.5. The van der Waals surface area contributed by atoms with Crippen molar-refractivity contribution in [3.63, 3.8) is 0 Å². The number of aromatic nitrogens is 1. The van der Waals surface area contributed by atoms with Gasteiger partial charge in [-0.1, -0.05) is 102 Å². The molecule has 0 aliphatic heterocycles. The van der Waals surface area contributed by atoms with Gasteiger partial charge in [0.25, 0.3) is 0 Å². The molecule has 0 amide bonds. The summed E-state index contributed by atoms with van der Waals surface area (Å²) in [5.74, 6) is -0.0459. The molecule has 0 aliphatic rings. The molecule has 2 aromatic carbocycles. The van der Waals surface area contributed by atoms with Crippen LogP contribution in [0.4, 0.5) is 4.39 Å². The molecular weight excluding hydrogens is 441 g/mol. The van der Waals surface area contributed by atoms with Crippen LogP contribution < -0.4 is 0 Å². The van der Waals surface area contributed by atoms with Crippen LogP contribution in [-0.4, -0.2) is 4.98 Å². The number of para-hydroxylation sites is 1. The molecule has 1 aromatic heterocycles. The molecule has 3 aromatic rings. The third kappa shape index (κ3) is 7.58. The summed E-state index contributed by atoms with van der Waals surface area (Å²) >= 11 is 0. The number of allylic oxidation sites excluding steroid dienone is 1. The Morgan fingerprint density at radius 3 is 2.28 bits per heavy atom. The second-order valence-electron chi connectivity index (χ2n) is 10.8. The first-order valence-corrected chi connectivity index (χ1v) is 14.5. The van der Waals surface area contributed by atoms with E-state index in [1.54, 1.807) is 6.07 Å². The lowest BCUT2D eigenvalue weighted by atomic mass is 9.88. The van der Waals surface area contributed by atoms with Gasteiger partial charge in [-0.3, -0.25) is 0 Å². The molecule has 0 bridgehead atoms. The molecule has 3 rings (SSSR count). The minimum atomic E-state index is -0.0525. The van der Waals surface area contributed by atoms with E-state index in [1.807, 2.05) is 0 Å². The average Bonchev–Trinajstić information content (AvgIpc) is 3.21. The second-order valence-corrected chi connectivity index (χ2v) is 10.8. The standard InChI is InChI=1S/C34H48FN/c1-6-17-25(3)19-13-11-9-8-10-12-14-20-28-23-26(4)33(31(35)24-28)27(5)34-30(18-7-2)29-21-15-16-22-32(29)36-34/h15-16,21-24,27,36H,3,6-14,17-20H2,1-2,4-5H3. The van der Waals surface area contributed by atoms with Gasteiger partial charge in [-0.25, -0.2) is 4.39 Å². The van der Waals surface area contributed by atoms with E-state index in [0.29, 0.717) is 0 Å². The number of hydrogen-bond acceptors (Lipinski definition) is 0. The van der Waals surface area contributed by atoms with Gasteiger partial charge in [0, 0.05) is 22.5 Å². The molecule has 0 radical (unpaired) electrons. The molecule has 0 aliphatic carbocycles. The third-order valence-electron chi connectivity index (χ3n) is 7.71. The van der Waals surface area contributed by atoms with Crippen LogP contribution in [0.1, 0.15) is 125 Å². The first-order valence-electron chi connectivity index (χ1n) is 14.5. The first-order chi connectivity index (χ1) is 17.5. The molecule has 196 valence electrons. The Kier molecular flexibility index (Phi) is 11.3. The number of benzene rings is 2. The maximum atomic E-state index is 15.5. The van der Waals surface area contributed by atoms with E-state index in [9.17, 15) is 0 Å². The van der Waals surface area contributed by atoms with Gasteiger partial charge >= 0.3 is 0 Å². The molecule has 2 heteroatoms. The molecule has 1 heterocycles. The minimum absolute atomic E-state index is 0.00661. The van der Waals surface area contributed by atoms with Crippen LogP contribution in [0.15, 0.2) is 48.6 Å². The monoisotopic (exact) mass is 489 g/mol. The van der Waals surface area contributed by atoms with Gasteiger partial charge in [-0.2, -0.15) is 0 Å². The van der Waals surface area contributed by atoms with Crippen LogP contribution in [-0.2, 0) is 12.8 Å². The van der Waals surface area contributed by atoms with Crippen molar-refractivity contribution in [2.45, 2.75) is 117 Å². The van der Waals surface area contributed by atoms with Crippen molar-refractivity contribution < 1.29 is 4.39 Å². The normalized spacial score (nSPS) is 12.4. The molecule has 1 atom stereocenters. The topological polar surface area (TPSA) is 15.8 Å². The first kappa shape index (κ1) is 28.2. The van der Waals surface area contributed by atoms with Crippen LogP contribution in [0, 0.1) is 12.7 Å². The summed E-state index contributed by atoms with van der Waals surface area (Å²) in [4.78, 5) is 3.62. The second kappa shape index (κ2) is 14.4. The Hall–Kier alpha value is -2.35. The fourth-order valence-electron chi connectivity index (χ4n) is 5.84. The van der Waals surface area contributed by atoms with Crippen molar-refractivity contribution >= 4 is 10.9 Å². The quantitative estimate of drug-likeness (QED) is 0.152. The van der Waals surface area contributed by atoms with Crippen LogP contribution >= 0.6 is 0 Å². The van der Waals surface area contributed by atoms with Gasteiger partial charge in [-0.05, 0) is 79.8 Å². The lowest BCUT2D eigenvalue weighted by Gasteiger charge is -2.18. The number of fused-ring (bicyclic) bond motifs is 1. The van der Waals surface area contributed by atoms with Gasteiger partial charge < -0.3 is 4.98 Å². The zero-order chi connectivity index (χ0) is 25.9. The Morgan fingerprint density at radius 1 is 0.889 bits per heavy atom. The van der Waals surface area contributed by atoms with Crippen molar-refractivity contribution in [1.82, 2.24) is 4.98 Å². The predicted molar refractivity (Wildman–Crippen MR) is 156 cm³/mol. The molecule has 0 saturated carbocycles. The van der Waals surface area contributed by atoms with Gasteiger partial charge in [-0.15, -0.1) is 0 Å². The Morgan fingerprint density at radius 2 is 1.58 bits per heavy atom. The number of unbranched alkanes of at least 4 members (excludes halogenated alkanes) is 6. The summed E-state index contributed by atoms with van der Waals surface area (Å²) in [6.07, 6.45) is 15.6. The predicted octanol–water partition coefficient (Wildman–Crippen LogP) is 10.7. The molecule has 1 unspecified atom stereocenters. The fourth-order valence-corrected chi connectivity index (χ4v) is 5.84. The number of H-pyrrole nitrogens is 1. The number of aromatic amines is 1. The van der Waals surface area contributed by atoms with E-state index in [1.165, 1.54) is 80.0 Å². The van der Waals surface area contributed by atoms with Gasteiger partial charge in [0.2, 0.25) is 0 Å². The van der Waals surface area contributed by atoms with Crippen molar-refractivity contribution in [3.8, 4) is 0 Å². The zero-order valence-electron chi connectivity index (χ0n) is 23.3. The molecule has 1 N–H and O–H groups in total. The highest BCUT2D eigenvalue weighted by atomic mass is 19.1. The Balaban J connectivity index is 1.52. The smallest absolute Gasteiger partial charge is 0.127 e. The summed E-state index contributed by atoms with van der Waals surface area (Å²) in [5, 5.41) is 1.28.